The molecule has 29 heavy (non-hydrogen) atoms. The van der Waals surface area contributed by atoms with Crippen LogP contribution < -0.4 is 4.90 Å². The van der Waals surface area contributed by atoms with E-state index in [1.807, 2.05) is 6.07 Å². The second-order valence-corrected chi connectivity index (χ2v) is 8.62. The molecule has 0 saturated carbocycles. The van der Waals surface area contributed by atoms with Gasteiger partial charge in [0.05, 0.1) is 19.6 Å². The fourth-order valence-electron chi connectivity index (χ4n) is 5.06. The number of fused-ring (bicyclic) bond motifs is 1. The standard InChI is InChI=1S/C26H33N2O/c1-22(26(29)27-18-10-16-24-15-6-7-17-25(24)27)28(19-8-3-9-20-28)21-11-14-23-12-4-2-5-13-23/h2,4-7,11-15,17,22H,3,8-10,16,18-21H2,1H3/q+1/b14-11+/t22-/m0/s1. The summed E-state index contributed by atoms with van der Waals surface area (Å²) in [4.78, 5) is 15.8. The van der Waals surface area contributed by atoms with E-state index in [4.69, 9.17) is 0 Å². The Kier molecular flexibility index (Phi) is 6.15. The van der Waals surface area contributed by atoms with Gasteiger partial charge in [0, 0.05) is 12.2 Å². The first kappa shape index (κ1) is 19.9. The number of carbonyl (C=O) groups excluding carboxylic acids is 1. The number of rotatable bonds is 5. The largest absolute Gasteiger partial charge is 0.310 e. The lowest BCUT2D eigenvalue weighted by Crippen LogP contribution is -2.62. The molecule has 3 heteroatoms. The number of likely N-dealkylation sites (tertiary alicyclic amines) is 1. The van der Waals surface area contributed by atoms with Crippen molar-refractivity contribution in [3.05, 3.63) is 71.8 Å². The highest BCUT2D eigenvalue weighted by Crippen LogP contribution is 2.30. The molecule has 0 aromatic heterocycles. The highest BCUT2D eigenvalue weighted by Gasteiger charge is 2.41. The maximum Gasteiger partial charge on any atom is 0.285 e. The van der Waals surface area contributed by atoms with Crippen LogP contribution in [0.2, 0.25) is 0 Å². The molecule has 1 saturated heterocycles. The molecule has 3 nitrogen and oxygen atoms in total. The number of para-hydroxylation sites is 1. The van der Waals surface area contributed by atoms with Crippen molar-refractivity contribution in [3.63, 3.8) is 0 Å². The zero-order chi connectivity index (χ0) is 20.1. The topological polar surface area (TPSA) is 20.3 Å². The third-order valence-electron chi connectivity index (χ3n) is 6.84. The van der Waals surface area contributed by atoms with Gasteiger partial charge in [-0.3, -0.25) is 4.79 Å². The van der Waals surface area contributed by atoms with Crippen LogP contribution in [0.1, 0.15) is 43.7 Å². The Hall–Kier alpha value is -2.39. The summed E-state index contributed by atoms with van der Waals surface area (Å²) in [6, 6.07) is 18.9. The fourth-order valence-corrected chi connectivity index (χ4v) is 5.06. The second kappa shape index (κ2) is 8.96. The number of quaternary nitrogens is 1. The summed E-state index contributed by atoms with van der Waals surface area (Å²) < 4.78 is 0.890. The van der Waals surface area contributed by atoms with Crippen LogP contribution >= 0.6 is 0 Å². The van der Waals surface area contributed by atoms with Crippen molar-refractivity contribution >= 4 is 17.7 Å². The molecule has 0 aliphatic carbocycles. The van der Waals surface area contributed by atoms with Crippen LogP contribution in [0.3, 0.4) is 0 Å². The Morgan fingerprint density at radius 1 is 1.00 bits per heavy atom. The van der Waals surface area contributed by atoms with E-state index in [0.29, 0.717) is 5.91 Å². The second-order valence-electron chi connectivity index (χ2n) is 8.62. The molecular weight excluding hydrogens is 356 g/mol. The average Bonchev–Trinajstić information content (AvgIpc) is 2.79. The predicted molar refractivity (Wildman–Crippen MR) is 121 cm³/mol. The summed E-state index contributed by atoms with van der Waals surface area (Å²) in [5.41, 5.74) is 3.67. The van der Waals surface area contributed by atoms with Gasteiger partial charge in [-0.05, 0) is 62.3 Å². The first-order valence-corrected chi connectivity index (χ1v) is 11.2. The normalized spacial score (nSPS) is 19.7. The number of carbonyl (C=O) groups is 1. The minimum atomic E-state index is -0.0121. The van der Waals surface area contributed by atoms with Crippen molar-refractivity contribution in [2.45, 2.75) is 45.1 Å². The van der Waals surface area contributed by atoms with Crippen LogP contribution in [0.4, 0.5) is 5.69 Å². The molecule has 0 N–H and O–H groups in total. The van der Waals surface area contributed by atoms with E-state index in [0.717, 1.165) is 49.2 Å². The maximum absolute atomic E-state index is 13.7. The SMILES string of the molecule is C[C@@H](C(=O)N1CCCc2ccccc21)[N+]1(C/C=C/c2ccccc2)CCCCC1. The maximum atomic E-state index is 13.7. The molecular formula is C26H33N2O+. The number of nitrogens with zero attached hydrogens (tertiary/aromatic N) is 2. The van der Waals surface area contributed by atoms with Gasteiger partial charge >= 0.3 is 0 Å². The predicted octanol–water partition coefficient (Wildman–Crippen LogP) is 5.07. The first-order valence-electron chi connectivity index (χ1n) is 11.2. The van der Waals surface area contributed by atoms with Crippen LogP contribution in [0.25, 0.3) is 6.08 Å². The monoisotopic (exact) mass is 389 g/mol. The molecule has 0 radical (unpaired) electrons. The number of piperidine rings is 1. The molecule has 2 aliphatic heterocycles. The number of anilines is 1. The van der Waals surface area contributed by atoms with Crippen LogP contribution in [-0.2, 0) is 11.2 Å². The quantitative estimate of drug-likeness (QED) is 0.654. The van der Waals surface area contributed by atoms with E-state index in [1.54, 1.807) is 0 Å². The lowest BCUT2D eigenvalue weighted by molar-refractivity contribution is -0.939. The summed E-state index contributed by atoms with van der Waals surface area (Å²) >= 11 is 0. The first-order chi connectivity index (χ1) is 14.2. The molecule has 152 valence electrons. The number of aryl methyl sites for hydroxylation is 1. The molecule has 1 fully saturated rings. The van der Waals surface area contributed by atoms with Gasteiger partial charge in [-0.1, -0.05) is 54.6 Å². The van der Waals surface area contributed by atoms with E-state index in [-0.39, 0.29) is 6.04 Å². The Morgan fingerprint density at radius 2 is 1.72 bits per heavy atom. The Balaban J connectivity index is 1.55. The fraction of sp³-hybridized carbons (Fsp3) is 0.423. The molecule has 2 aromatic carbocycles. The van der Waals surface area contributed by atoms with Gasteiger partial charge in [0.15, 0.2) is 6.04 Å². The molecule has 2 heterocycles. The molecule has 1 atom stereocenters. The van der Waals surface area contributed by atoms with Crippen LogP contribution in [0, 0.1) is 0 Å². The van der Waals surface area contributed by atoms with Crippen LogP contribution in [0.5, 0.6) is 0 Å². The lowest BCUT2D eigenvalue weighted by Gasteiger charge is -2.46. The van der Waals surface area contributed by atoms with E-state index in [9.17, 15) is 4.79 Å². The van der Waals surface area contributed by atoms with E-state index in [2.05, 4.69) is 72.5 Å². The smallest absolute Gasteiger partial charge is 0.285 e. The van der Waals surface area contributed by atoms with Gasteiger partial charge in [-0.25, -0.2) is 0 Å². The molecule has 2 aliphatic rings. The number of hydrogen-bond donors (Lipinski definition) is 0. The van der Waals surface area contributed by atoms with E-state index >= 15 is 0 Å². The van der Waals surface area contributed by atoms with Crippen molar-refractivity contribution in [3.8, 4) is 0 Å². The third-order valence-corrected chi connectivity index (χ3v) is 6.84. The molecule has 0 bridgehead atoms. The van der Waals surface area contributed by atoms with Crippen molar-refractivity contribution in [2.75, 3.05) is 31.1 Å². The third kappa shape index (κ3) is 4.30. The summed E-state index contributed by atoms with van der Waals surface area (Å²) in [6.07, 6.45) is 10.4. The van der Waals surface area contributed by atoms with Gasteiger partial charge in [-0.2, -0.15) is 0 Å². The highest BCUT2D eigenvalue weighted by atomic mass is 16.2. The Labute approximate surface area is 175 Å². The minimum absolute atomic E-state index is 0.0121. The number of hydrogen-bond acceptors (Lipinski definition) is 1. The molecule has 2 aromatic rings. The van der Waals surface area contributed by atoms with Gasteiger partial charge in [0.1, 0.15) is 0 Å². The van der Waals surface area contributed by atoms with E-state index in [1.165, 1.54) is 30.4 Å². The molecule has 0 unspecified atom stereocenters. The summed E-state index contributed by atoms with van der Waals surface area (Å²) in [7, 11) is 0. The average molecular weight is 390 g/mol. The highest BCUT2D eigenvalue weighted by molar-refractivity contribution is 5.97. The van der Waals surface area contributed by atoms with Gasteiger partial charge < -0.3 is 9.38 Å². The zero-order valence-electron chi connectivity index (χ0n) is 17.6. The Bertz CT molecular complexity index is 852. The minimum Gasteiger partial charge on any atom is -0.310 e. The van der Waals surface area contributed by atoms with Crippen molar-refractivity contribution in [1.29, 1.82) is 0 Å². The van der Waals surface area contributed by atoms with Gasteiger partial charge in [-0.15, -0.1) is 0 Å². The summed E-state index contributed by atoms with van der Waals surface area (Å²) in [5, 5.41) is 0. The van der Waals surface area contributed by atoms with Gasteiger partial charge in [0.25, 0.3) is 5.91 Å². The molecule has 1 amide bonds. The molecule has 0 spiro atoms. The molecule has 4 rings (SSSR count). The van der Waals surface area contributed by atoms with Crippen LogP contribution in [0.15, 0.2) is 60.7 Å². The van der Waals surface area contributed by atoms with Crippen molar-refractivity contribution in [2.24, 2.45) is 0 Å². The summed E-state index contributed by atoms with van der Waals surface area (Å²) in [5.74, 6) is 0.298. The number of benzene rings is 2. The van der Waals surface area contributed by atoms with Crippen molar-refractivity contribution < 1.29 is 9.28 Å². The van der Waals surface area contributed by atoms with E-state index < -0.39 is 0 Å². The lowest BCUT2D eigenvalue weighted by atomic mass is 9.99. The van der Waals surface area contributed by atoms with Gasteiger partial charge in [0.2, 0.25) is 0 Å². The zero-order valence-corrected chi connectivity index (χ0v) is 17.6. The Morgan fingerprint density at radius 3 is 2.52 bits per heavy atom. The van der Waals surface area contributed by atoms with Crippen molar-refractivity contribution in [1.82, 2.24) is 0 Å². The number of amides is 1. The summed E-state index contributed by atoms with van der Waals surface area (Å²) in [6.45, 7) is 6.14. The van der Waals surface area contributed by atoms with Crippen LogP contribution in [-0.4, -0.2) is 42.6 Å².